The fourth-order valence-corrected chi connectivity index (χ4v) is 1.86. The van der Waals surface area contributed by atoms with E-state index >= 15 is 0 Å². The van der Waals surface area contributed by atoms with E-state index in [9.17, 15) is 0 Å². The summed E-state index contributed by atoms with van der Waals surface area (Å²) in [6.45, 7) is 0.862. The van der Waals surface area contributed by atoms with Crippen molar-refractivity contribution < 1.29 is 4.74 Å². The van der Waals surface area contributed by atoms with E-state index in [4.69, 9.17) is 4.74 Å². The SMILES string of the molecule is CN(C)Cc1ccccc1Oc1ccc(S)cc1. The van der Waals surface area contributed by atoms with Crippen molar-refractivity contribution in [2.45, 2.75) is 11.4 Å². The molecule has 0 aliphatic heterocycles. The maximum atomic E-state index is 5.90. The molecule has 0 amide bonds. The van der Waals surface area contributed by atoms with Gasteiger partial charge in [0.25, 0.3) is 0 Å². The maximum Gasteiger partial charge on any atom is 0.131 e. The van der Waals surface area contributed by atoms with Crippen LogP contribution in [0.25, 0.3) is 0 Å². The Morgan fingerprint density at radius 2 is 1.67 bits per heavy atom. The Hall–Kier alpha value is -1.45. The van der Waals surface area contributed by atoms with E-state index in [1.807, 2.05) is 56.6 Å². The monoisotopic (exact) mass is 259 g/mol. The molecule has 0 radical (unpaired) electrons. The highest BCUT2D eigenvalue weighted by Gasteiger charge is 2.05. The first-order chi connectivity index (χ1) is 8.65. The minimum atomic E-state index is 0.832. The van der Waals surface area contributed by atoms with E-state index in [-0.39, 0.29) is 0 Å². The molecule has 2 nitrogen and oxygen atoms in total. The van der Waals surface area contributed by atoms with Crippen LogP contribution in [0.15, 0.2) is 53.4 Å². The average molecular weight is 259 g/mol. The highest BCUT2D eigenvalue weighted by molar-refractivity contribution is 7.80. The summed E-state index contributed by atoms with van der Waals surface area (Å²) in [5.74, 6) is 1.73. The molecule has 0 aliphatic carbocycles. The molecule has 3 heteroatoms. The van der Waals surface area contributed by atoms with Crippen molar-refractivity contribution in [1.29, 1.82) is 0 Å². The molecule has 0 heterocycles. The third-order valence-corrected chi connectivity index (χ3v) is 2.82. The quantitative estimate of drug-likeness (QED) is 0.838. The highest BCUT2D eigenvalue weighted by Crippen LogP contribution is 2.26. The Labute approximate surface area is 114 Å². The zero-order chi connectivity index (χ0) is 13.0. The van der Waals surface area contributed by atoms with E-state index < -0.39 is 0 Å². The fourth-order valence-electron chi connectivity index (χ4n) is 1.72. The Morgan fingerprint density at radius 3 is 2.33 bits per heavy atom. The number of hydrogen-bond acceptors (Lipinski definition) is 3. The fraction of sp³-hybridized carbons (Fsp3) is 0.200. The Morgan fingerprint density at radius 1 is 1.00 bits per heavy atom. The summed E-state index contributed by atoms with van der Waals surface area (Å²) in [5.41, 5.74) is 1.18. The van der Waals surface area contributed by atoms with Crippen LogP contribution in [0, 0.1) is 0 Å². The van der Waals surface area contributed by atoms with Gasteiger partial charge in [0, 0.05) is 17.0 Å². The normalized spacial score (nSPS) is 10.7. The molecule has 0 bridgehead atoms. The van der Waals surface area contributed by atoms with Gasteiger partial charge in [-0.15, -0.1) is 12.6 Å². The van der Waals surface area contributed by atoms with Crippen molar-refractivity contribution in [2.24, 2.45) is 0 Å². The summed E-state index contributed by atoms with van der Waals surface area (Å²) in [6, 6.07) is 15.8. The molecule has 2 aromatic rings. The lowest BCUT2D eigenvalue weighted by Crippen LogP contribution is -2.11. The van der Waals surface area contributed by atoms with Gasteiger partial charge in [0.1, 0.15) is 11.5 Å². The first-order valence-electron chi connectivity index (χ1n) is 5.84. The van der Waals surface area contributed by atoms with Crippen LogP contribution < -0.4 is 4.74 Å². The Bertz CT molecular complexity index is 508. The summed E-state index contributed by atoms with van der Waals surface area (Å²) in [5, 5.41) is 0. The van der Waals surface area contributed by atoms with Gasteiger partial charge in [0.05, 0.1) is 0 Å². The minimum Gasteiger partial charge on any atom is -0.457 e. The second-order valence-electron chi connectivity index (χ2n) is 4.44. The lowest BCUT2D eigenvalue weighted by molar-refractivity contribution is 0.388. The summed E-state index contributed by atoms with van der Waals surface area (Å²) in [4.78, 5) is 3.06. The molecular weight excluding hydrogens is 242 g/mol. The molecule has 2 aromatic carbocycles. The van der Waals surface area contributed by atoms with Crippen molar-refractivity contribution >= 4 is 12.6 Å². The average Bonchev–Trinajstić information content (AvgIpc) is 2.34. The number of nitrogens with zero attached hydrogens (tertiary/aromatic N) is 1. The Kier molecular flexibility index (Phi) is 4.28. The van der Waals surface area contributed by atoms with Gasteiger partial charge in [0.2, 0.25) is 0 Å². The van der Waals surface area contributed by atoms with Crippen molar-refractivity contribution in [3.63, 3.8) is 0 Å². The molecular formula is C15H17NOS. The predicted molar refractivity (Wildman–Crippen MR) is 77.6 cm³/mol. The van der Waals surface area contributed by atoms with E-state index in [1.165, 1.54) is 5.56 Å². The van der Waals surface area contributed by atoms with Gasteiger partial charge in [0.15, 0.2) is 0 Å². The smallest absolute Gasteiger partial charge is 0.131 e. The molecule has 0 aromatic heterocycles. The molecule has 0 saturated heterocycles. The number of rotatable bonds is 4. The van der Waals surface area contributed by atoms with Gasteiger partial charge in [-0.2, -0.15) is 0 Å². The summed E-state index contributed by atoms with van der Waals surface area (Å²) in [7, 11) is 4.10. The van der Waals surface area contributed by atoms with Crippen molar-refractivity contribution in [2.75, 3.05) is 14.1 Å². The molecule has 0 atom stereocenters. The van der Waals surface area contributed by atoms with Crippen LogP contribution in [0.4, 0.5) is 0 Å². The third kappa shape index (κ3) is 3.52. The number of thiol groups is 1. The molecule has 2 rings (SSSR count). The molecule has 0 N–H and O–H groups in total. The second kappa shape index (κ2) is 5.94. The van der Waals surface area contributed by atoms with Gasteiger partial charge in [-0.3, -0.25) is 0 Å². The molecule has 18 heavy (non-hydrogen) atoms. The standard InChI is InChI=1S/C15H17NOS/c1-16(2)11-12-5-3-4-6-15(12)17-13-7-9-14(18)10-8-13/h3-10,18H,11H2,1-2H3. The number of para-hydroxylation sites is 1. The van der Waals surface area contributed by atoms with Gasteiger partial charge in [-0.05, 0) is 44.4 Å². The lowest BCUT2D eigenvalue weighted by Gasteiger charge is -2.14. The number of hydrogen-bond donors (Lipinski definition) is 1. The maximum absolute atomic E-state index is 5.90. The summed E-state index contributed by atoms with van der Waals surface area (Å²) >= 11 is 4.26. The predicted octanol–water partition coefficient (Wildman–Crippen LogP) is 3.83. The topological polar surface area (TPSA) is 12.5 Å². The first-order valence-corrected chi connectivity index (χ1v) is 6.29. The molecule has 0 unspecified atom stereocenters. The van der Waals surface area contributed by atoms with Crippen LogP contribution in [-0.4, -0.2) is 19.0 Å². The first kappa shape index (κ1) is 13.0. The number of benzene rings is 2. The van der Waals surface area contributed by atoms with Crippen LogP contribution >= 0.6 is 12.6 Å². The van der Waals surface area contributed by atoms with Gasteiger partial charge < -0.3 is 9.64 Å². The van der Waals surface area contributed by atoms with Crippen LogP contribution in [0.2, 0.25) is 0 Å². The molecule has 0 fully saturated rings. The van der Waals surface area contributed by atoms with Gasteiger partial charge in [-0.1, -0.05) is 18.2 Å². The Balaban J connectivity index is 2.20. The van der Waals surface area contributed by atoms with E-state index in [1.54, 1.807) is 0 Å². The van der Waals surface area contributed by atoms with E-state index in [2.05, 4.69) is 23.6 Å². The third-order valence-electron chi connectivity index (χ3n) is 2.52. The van der Waals surface area contributed by atoms with Crippen molar-refractivity contribution in [1.82, 2.24) is 4.90 Å². The zero-order valence-electron chi connectivity index (χ0n) is 10.6. The number of ether oxygens (including phenoxy) is 1. The lowest BCUT2D eigenvalue weighted by atomic mass is 10.2. The summed E-state index contributed by atoms with van der Waals surface area (Å²) < 4.78 is 5.90. The molecule has 0 saturated carbocycles. The van der Waals surface area contributed by atoms with Crippen LogP contribution in [0.5, 0.6) is 11.5 Å². The second-order valence-corrected chi connectivity index (χ2v) is 4.96. The van der Waals surface area contributed by atoms with Crippen molar-refractivity contribution in [3.05, 3.63) is 54.1 Å². The van der Waals surface area contributed by atoms with Crippen LogP contribution in [0.1, 0.15) is 5.56 Å². The largest absolute Gasteiger partial charge is 0.457 e. The highest BCUT2D eigenvalue weighted by atomic mass is 32.1. The van der Waals surface area contributed by atoms with Gasteiger partial charge in [-0.25, -0.2) is 0 Å². The zero-order valence-corrected chi connectivity index (χ0v) is 11.5. The van der Waals surface area contributed by atoms with E-state index in [0.717, 1.165) is 22.9 Å². The molecule has 94 valence electrons. The van der Waals surface area contributed by atoms with Crippen molar-refractivity contribution in [3.8, 4) is 11.5 Å². The molecule has 0 spiro atoms. The minimum absolute atomic E-state index is 0.832. The van der Waals surface area contributed by atoms with Gasteiger partial charge >= 0.3 is 0 Å². The van der Waals surface area contributed by atoms with Crippen LogP contribution in [-0.2, 0) is 6.54 Å². The van der Waals surface area contributed by atoms with Crippen LogP contribution in [0.3, 0.4) is 0 Å². The summed E-state index contributed by atoms with van der Waals surface area (Å²) in [6.07, 6.45) is 0. The molecule has 0 aliphatic rings. The van der Waals surface area contributed by atoms with E-state index in [0.29, 0.717) is 0 Å².